The van der Waals surface area contributed by atoms with Crippen molar-refractivity contribution in [3.05, 3.63) is 32.7 Å². The van der Waals surface area contributed by atoms with Gasteiger partial charge in [-0.1, -0.05) is 38.8 Å². The molecule has 0 aliphatic rings. The van der Waals surface area contributed by atoms with E-state index in [9.17, 15) is 0 Å². The maximum absolute atomic E-state index is 5.54. The Labute approximate surface area is 109 Å². The lowest BCUT2D eigenvalue weighted by Gasteiger charge is -2.10. The molecule has 0 radical (unpaired) electrons. The number of aryl methyl sites for hydroxylation is 1. The lowest BCUT2D eigenvalue weighted by Crippen LogP contribution is -2.06. The second-order valence-electron chi connectivity index (χ2n) is 3.96. The molecule has 1 nitrogen and oxygen atoms in total. The van der Waals surface area contributed by atoms with E-state index >= 15 is 0 Å². The summed E-state index contributed by atoms with van der Waals surface area (Å²) in [5, 5.41) is 0. The predicted octanol–water partition coefficient (Wildman–Crippen LogP) is 4.13. The van der Waals surface area contributed by atoms with E-state index in [0.29, 0.717) is 5.92 Å². The van der Waals surface area contributed by atoms with E-state index in [1.54, 1.807) is 0 Å². The van der Waals surface area contributed by atoms with Crippen molar-refractivity contribution in [2.75, 3.05) is 6.54 Å². The van der Waals surface area contributed by atoms with Crippen molar-refractivity contribution < 1.29 is 0 Å². The SMILES string of the molecule is CC(CCN)CCc1cc(Br)ccc1Br. The van der Waals surface area contributed by atoms with Gasteiger partial charge < -0.3 is 5.73 Å². The lowest BCUT2D eigenvalue weighted by molar-refractivity contribution is 0.499. The highest BCUT2D eigenvalue weighted by Gasteiger charge is 2.04. The molecule has 1 unspecified atom stereocenters. The quantitative estimate of drug-likeness (QED) is 0.860. The Bertz CT molecular complexity index is 312. The number of hydrogen-bond donors (Lipinski definition) is 1. The fourth-order valence-electron chi connectivity index (χ4n) is 1.57. The standard InChI is InChI=1S/C12H17Br2N/c1-9(6-7-15)2-3-10-8-11(13)4-5-12(10)14/h4-5,8-9H,2-3,6-7,15H2,1H3. The minimum atomic E-state index is 0.709. The Kier molecular flexibility index (Phi) is 5.87. The molecular formula is C12H17Br2N. The third kappa shape index (κ3) is 4.66. The van der Waals surface area contributed by atoms with Gasteiger partial charge in [0.05, 0.1) is 0 Å². The van der Waals surface area contributed by atoms with E-state index in [4.69, 9.17) is 5.73 Å². The Morgan fingerprint density at radius 1 is 1.27 bits per heavy atom. The summed E-state index contributed by atoms with van der Waals surface area (Å²) < 4.78 is 2.35. The van der Waals surface area contributed by atoms with Gasteiger partial charge in [-0.2, -0.15) is 0 Å². The van der Waals surface area contributed by atoms with Crippen LogP contribution in [0.1, 0.15) is 25.3 Å². The zero-order valence-electron chi connectivity index (χ0n) is 8.97. The molecule has 1 atom stereocenters. The summed E-state index contributed by atoms with van der Waals surface area (Å²) in [5.41, 5.74) is 6.90. The van der Waals surface area contributed by atoms with Crippen LogP contribution >= 0.6 is 31.9 Å². The van der Waals surface area contributed by atoms with Crippen LogP contribution in [0.25, 0.3) is 0 Å². The zero-order valence-corrected chi connectivity index (χ0v) is 12.1. The summed E-state index contributed by atoms with van der Waals surface area (Å²) >= 11 is 7.07. The monoisotopic (exact) mass is 333 g/mol. The molecule has 0 aromatic heterocycles. The van der Waals surface area contributed by atoms with Crippen molar-refractivity contribution in [2.24, 2.45) is 11.7 Å². The number of nitrogens with two attached hydrogens (primary N) is 1. The molecule has 1 aromatic rings. The lowest BCUT2D eigenvalue weighted by atomic mass is 9.98. The molecule has 84 valence electrons. The second kappa shape index (κ2) is 6.66. The summed E-state index contributed by atoms with van der Waals surface area (Å²) in [6.45, 7) is 3.06. The minimum absolute atomic E-state index is 0.709. The Morgan fingerprint density at radius 3 is 2.67 bits per heavy atom. The third-order valence-corrected chi connectivity index (χ3v) is 3.84. The van der Waals surface area contributed by atoms with Crippen molar-refractivity contribution >= 4 is 31.9 Å². The van der Waals surface area contributed by atoms with Crippen LogP contribution in [0.15, 0.2) is 27.1 Å². The zero-order chi connectivity index (χ0) is 11.3. The molecule has 0 saturated carbocycles. The van der Waals surface area contributed by atoms with Crippen LogP contribution < -0.4 is 5.73 Å². The average Bonchev–Trinajstić information content (AvgIpc) is 2.20. The van der Waals surface area contributed by atoms with Gasteiger partial charge in [0, 0.05) is 8.95 Å². The first-order valence-corrected chi connectivity index (χ1v) is 6.86. The first-order chi connectivity index (χ1) is 7.13. The van der Waals surface area contributed by atoms with Crippen LogP contribution in [0.2, 0.25) is 0 Å². The van der Waals surface area contributed by atoms with E-state index in [1.807, 2.05) is 0 Å². The van der Waals surface area contributed by atoms with Gasteiger partial charge in [-0.25, -0.2) is 0 Å². The second-order valence-corrected chi connectivity index (χ2v) is 5.73. The number of benzene rings is 1. The minimum Gasteiger partial charge on any atom is -0.330 e. The summed E-state index contributed by atoms with van der Waals surface area (Å²) in [5.74, 6) is 0.709. The molecule has 3 heteroatoms. The molecule has 1 rings (SSSR count). The molecule has 0 bridgehead atoms. The van der Waals surface area contributed by atoms with Gasteiger partial charge in [0.15, 0.2) is 0 Å². The van der Waals surface area contributed by atoms with Crippen LogP contribution in [0.4, 0.5) is 0 Å². The van der Waals surface area contributed by atoms with Crippen LogP contribution in [0.5, 0.6) is 0 Å². The molecule has 0 aliphatic carbocycles. The van der Waals surface area contributed by atoms with Crippen molar-refractivity contribution in [2.45, 2.75) is 26.2 Å². The summed E-state index contributed by atoms with van der Waals surface area (Å²) in [7, 11) is 0. The van der Waals surface area contributed by atoms with E-state index in [0.717, 1.165) is 23.9 Å². The maximum atomic E-state index is 5.54. The molecule has 0 heterocycles. The van der Waals surface area contributed by atoms with Gasteiger partial charge >= 0.3 is 0 Å². The molecule has 0 fully saturated rings. The van der Waals surface area contributed by atoms with Gasteiger partial charge in [-0.3, -0.25) is 0 Å². The van der Waals surface area contributed by atoms with Crippen LogP contribution in [-0.2, 0) is 6.42 Å². The number of rotatable bonds is 5. The number of hydrogen-bond acceptors (Lipinski definition) is 1. The maximum Gasteiger partial charge on any atom is 0.0208 e. The number of halogens is 2. The molecule has 2 N–H and O–H groups in total. The Morgan fingerprint density at radius 2 is 2.00 bits per heavy atom. The van der Waals surface area contributed by atoms with Gasteiger partial charge in [0.1, 0.15) is 0 Å². The molecule has 0 spiro atoms. The first-order valence-electron chi connectivity index (χ1n) is 5.27. The van der Waals surface area contributed by atoms with E-state index in [1.165, 1.54) is 16.5 Å². The highest BCUT2D eigenvalue weighted by molar-refractivity contribution is 9.11. The molecule has 1 aromatic carbocycles. The van der Waals surface area contributed by atoms with Crippen molar-refractivity contribution in [3.8, 4) is 0 Å². The van der Waals surface area contributed by atoms with Crippen LogP contribution in [0.3, 0.4) is 0 Å². The van der Waals surface area contributed by atoms with E-state index in [2.05, 4.69) is 57.0 Å². The Hall–Kier alpha value is 0.140. The van der Waals surface area contributed by atoms with Crippen LogP contribution in [0, 0.1) is 5.92 Å². The summed E-state index contributed by atoms with van der Waals surface area (Å²) in [6, 6.07) is 6.32. The molecule has 15 heavy (non-hydrogen) atoms. The third-order valence-electron chi connectivity index (χ3n) is 2.57. The van der Waals surface area contributed by atoms with Crippen molar-refractivity contribution in [1.29, 1.82) is 0 Å². The Balaban J connectivity index is 2.53. The van der Waals surface area contributed by atoms with Crippen molar-refractivity contribution in [1.82, 2.24) is 0 Å². The smallest absolute Gasteiger partial charge is 0.0208 e. The predicted molar refractivity (Wildman–Crippen MR) is 73.0 cm³/mol. The normalized spacial score (nSPS) is 12.8. The molecule has 0 aliphatic heterocycles. The van der Waals surface area contributed by atoms with Gasteiger partial charge in [-0.15, -0.1) is 0 Å². The first kappa shape index (κ1) is 13.2. The highest BCUT2D eigenvalue weighted by atomic mass is 79.9. The van der Waals surface area contributed by atoms with Crippen molar-refractivity contribution in [3.63, 3.8) is 0 Å². The van der Waals surface area contributed by atoms with E-state index < -0.39 is 0 Å². The summed E-state index contributed by atoms with van der Waals surface area (Å²) in [4.78, 5) is 0. The van der Waals surface area contributed by atoms with Gasteiger partial charge in [-0.05, 0) is 55.5 Å². The molecule has 0 saturated heterocycles. The fraction of sp³-hybridized carbons (Fsp3) is 0.500. The summed E-state index contributed by atoms with van der Waals surface area (Å²) in [6.07, 6.45) is 3.43. The fourth-order valence-corrected chi connectivity index (χ4v) is 2.42. The molecule has 0 amide bonds. The highest BCUT2D eigenvalue weighted by Crippen LogP contribution is 2.24. The largest absolute Gasteiger partial charge is 0.330 e. The van der Waals surface area contributed by atoms with Crippen LogP contribution in [-0.4, -0.2) is 6.54 Å². The van der Waals surface area contributed by atoms with Gasteiger partial charge in [0.2, 0.25) is 0 Å². The topological polar surface area (TPSA) is 26.0 Å². The molecular weight excluding hydrogens is 318 g/mol. The van der Waals surface area contributed by atoms with Gasteiger partial charge in [0.25, 0.3) is 0 Å². The average molecular weight is 335 g/mol. The van der Waals surface area contributed by atoms with E-state index in [-0.39, 0.29) is 0 Å².